The van der Waals surface area contributed by atoms with Gasteiger partial charge in [-0.15, -0.1) is 0 Å². The summed E-state index contributed by atoms with van der Waals surface area (Å²) in [5, 5.41) is 0. The Morgan fingerprint density at radius 2 is 1.75 bits per heavy atom. The van der Waals surface area contributed by atoms with Crippen LogP contribution in [0, 0.1) is 26.7 Å². The molecule has 0 heterocycles. The van der Waals surface area contributed by atoms with E-state index < -0.39 is 0 Å². The minimum atomic E-state index is 0.114. The van der Waals surface area contributed by atoms with Crippen LogP contribution in [0.15, 0.2) is 12.1 Å². The molecule has 1 fully saturated rings. The van der Waals surface area contributed by atoms with Crippen molar-refractivity contribution in [2.24, 2.45) is 5.92 Å². The molecule has 1 aliphatic rings. The van der Waals surface area contributed by atoms with E-state index in [4.69, 9.17) is 4.74 Å². The maximum Gasteiger partial charge on any atom is 0.188 e. The first-order valence-corrected chi connectivity index (χ1v) is 7.71. The molecule has 2 atom stereocenters. The Kier molecular flexibility index (Phi) is 4.98. The molecular formula is C18H26O2. The van der Waals surface area contributed by atoms with Gasteiger partial charge >= 0.3 is 0 Å². The van der Waals surface area contributed by atoms with Crippen LogP contribution in [0.4, 0.5) is 0 Å². The Morgan fingerprint density at radius 1 is 1.10 bits per heavy atom. The van der Waals surface area contributed by atoms with Crippen molar-refractivity contribution in [2.75, 3.05) is 6.61 Å². The minimum Gasteiger partial charge on any atom is -0.370 e. The number of benzene rings is 1. The zero-order chi connectivity index (χ0) is 14.7. The summed E-state index contributed by atoms with van der Waals surface area (Å²) in [5.74, 6) is 0.695. The Labute approximate surface area is 122 Å². The summed E-state index contributed by atoms with van der Waals surface area (Å²) < 4.78 is 5.89. The molecule has 1 saturated carbocycles. The SMILES string of the molecule is Cc1cc(C)c(C(=O)COC2CCCCC2C)cc1C. The van der Waals surface area contributed by atoms with Crippen molar-refractivity contribution in [1.82, 2.24) is 0 Å². The highest BCUT2D eigenvalue weighted by Crippen LogP contribution is 2.26. The molecule has 2 nitrogen and oxygen atoms in total. The predicted molar refractivity (Wildman–Crippen MR) is 82.4 cm³/mol. The molecule has 0 N–H and O–H groups in total. The molecule has 1 aromatic carbocycles. The van der Waals surface area contributed by atoms with Crippen molar-refractivity contribution in [3.8, 4) is 0 Å². The van der Waals surface area contributed by atoms with Gasteiger partial charge in [0.15, 0.2) is 5.78 Å². The first kappa shape index (κ1) is 15.2. The van der Waals surface area contributed by atoms with Gasteiger partial charge in [0.05, 0.1) is 6.10 Å². The number of Topliss-reactive ketones (excluding diaryl/α,β-unsaturated/α-hetero) is 1. The standard InChI is InChI=1S/C18H26O2/c1-12-7-5-6-8-18(12)20-11-17(19)16-10-14(3)13(2)9-15(16)4/h9-10,12,18H,5-8,11H2,1-4H3. The second-order valence-corrected chi connectivity index (χ2v) is 6.29. The van der Waals surface area contributed by atoms with Gasteiger partial charge in [0.1, 0.15) is 6.61 Å². The van der Waals surface area contributed by atoms with E-state index in [1.54, 1.807) is 0 Å². The molecule has 0 amide bonds. The van der Waals surface area contributed by atoms with Gasteiger partial charge in [-0.3, -0.25) is 4.79 Å². The third-order valence-electron chi connectivity index (χ3n) is 4.60. The van der Waals surface area contributed by atoms with E-state index in [1.807, 2.05) is 13.0 Å². The smallest absolute Gasteiger partial charge is 0.188 e. The molecule has 0 aromatic heterocycles. The molecule has 2 rings (SSSR count). The fraction of sp³-hybridized carbons (Fsp3) is 0.611. The number of rotatable bonds is 4. The molecule has 1 aliphatic carbocycles. The molecule has 0 spiro atoms. The predicted octanol–water partition coefficient (Wildman–Crippen LogP) is 4.39. The van der Waals surface area contributed by atoms with Crippen molar-refractivity contribution in [1.29, 1.82) is 0 Å². The molecule has 0 bridgehead atoms. The van der Waals surface area contributed by atoms with E-state index in [-0.39, 0.29) is 18.5 Å². The molecule has 110 valence electrons. The first-order valence-electron chi connectivity index (χ1n) is 7.71. The zero-order valence-corrected chi connectivity index (χ0v) is 13.2. The van der Waals surface area contributed by atoms with Gasteiger partial charge in [0.2, 0.25) is 0 Å². The number of hydrogen-bond donors (Lipinski definition) is 0. The van der Waals surface area contributed by atoms with Crippen LogP contribution in [0.25, 0.3) is 0 Å². The highest BCUT2D eigenvalue weighted by Gasteiger charge is 2.23. The topological polar surface area (TPSA) is 26.3 Å². The normalized spacial score (nSPS) is 22.8. The Hall–Kier alpha value is -1.15. The Morgan fingerprint density at radius 3 is 2.45 bits per heavy atom. The van der Waals surface area contributed by atoms with E-state index in [0.717, 1.165) is 17.5 Å². The molecule has 2 unspecified atom stereocenters. The van der Waals surface area contributed by atoms with E-state index in [9.17, 15) is 4.79 Å². The minimum absolute atomic E-state index is 0.114. The largest absolute Gasteiger partial charge is 0.370 e. The van der Waals surface area contributed by atoms with Crippen LogP contribution in [0.2, 0.25) is 0 Å². The van der Waals surface area contributed by atoms with E-state index in [1.165, 1.54) is 30.4 Å². The van der Waals surface area contributed by atoms with Crippen molar-refractivity contribution < 1.29 is 9.53 Å². The highest BCUT2D eigenvalue weighted by atomic mass is 16.5. The lowest BCUT2D eigenvalue weighted by Gasteiger charge is -2.28. The second-order valence-electron chi connectivity index (χ2n) is 6.29. The van der Waals surface area contributed by atoms with Gasteiger partial charge < -0.3 is 4.74 Å². The van der Waals surface area contributed by atoms with E-state index in [0.29, 0.717) is 5.92 Å². The number of carbonyl (C=O) groups is 1. The molecule has 0 aliphatic heterocycles. The van der Waals surface area contributed by atoms with Gasteiger partial charge in [-0.25, -0.2) is 0 Å². The summed E-state index contributed by atoms with van der Waals surface area (Å²) in [5.41, 5.74) is 4.28. The van der Waals surface area contributed by atoms with Gasteiger partial charge in [-0.1, -0.05) is 25.8 Å². The van der Waals surface area contributed by atoms with Crippen LogP contribution in [-0.2, 0) is 4.74 Å². The fourth-order valence-electron chi connectivity index (χ4n) is 3.05. The second kappa shape index (κ2) is 6.53. The number of ether oxygens (including phenoxy) is 1. The molecule has 2 heteroatoms. The molecular weight excluding hydrogens is 248 g/mol. The first-order chi connectivity index (χ1) is 9.49. The lowest BCUT2D eigenvalue weighted by molar-refractivity contribution is 0.000724. The maximum absolute atomic E-state index is 12.4. The van der Waals surface area contributed by atoms with Crippen LogP contribution in [0.3, 0.4) is 0 Å². The summed E-state index contributed by atoms with van der Waals surface area (Å²) in [4.78, 5) is 12.4. The highest BCUT2D eigenvalue weighted by molar-refractivity contribution is 5.98. The van der Waals surface area contributed by atoms with Crippen LogP contribution >= 0.6 is 0 Å². The van der Waals surface area contributed by atoms with Crippen LogP contribution in [-0.4, -0.2) is 18.5 Å². The molecule has 1 aromatic rings. The van der Waals surface area contributed by atoms with Crippen molar-refractivity contribution >= 4 is 5.78 Å². The third kappa shape index (κ3) is 3.49. The van der Waals surface area contributed by atoms with E-state index in [2.05, 4.69) is 26.8 Å². The van der Waals surface area contributed by atoms with Gasteiger partial charge in [0, 0.05) is 5.56 Å². The maximum atomic E-state index is 12.4. The zero-order valence-electron chi connectivity index (χ0n) is 13.2. The summed E-state index contributed by atoms with van der Waals surface area (Å²) in [6.45, 7) is 8.59. The van der Waals surface area contributed by atoms with Gasteiger partial charge in [-0.2, -0.15) is 0 Å². The van der Waals surface area contributed by atoms with Crippen molar-refractivity contribution in [3.63, 3.8) is 0 Å². The Bertz CT molecular complexity index is 490. The molecule has 20 heavy (non-hydrogen) atoms. The number of hydrogen-bond acceptors (Lipinski definition) is 2. The lowest BCUT2D eigenvalue weighted by atomic mass is 9.88. The van der Waals surface area contributed by atoms with Crippen LogP contribution in [0.5, 0.6) is 0 Å². The van der Waals surface area contributed by atoms with E-state index >= 15 is 0 Å². The lowest BCUT2D eigenvalue weighted by Crippen LogP contribution is -2.28. The summed E-state index contributed by atoms with van der Waals surface area (Å²) in [6, 6.07) is 4.09. The van der Waals surface area contributed by atoms with Crippen molar-refractivity contribution in [3.05, 3.63) is 34.4 Å². The van der Waals surface area contributed by atoms with Crippen molar-refractivity contribution in [2.45, 2.75) is 59.5 Å². The number of carbonyl (C=O) groups excluding carboxylic acids is 1. The fourth-order valence-corrected chi connectivity index (χ4v) is 3.05. The van der Waals surface area contributed by atoms with Gasteiger partial charge in [-0.05, 0) is 62.3 Å². The third-order valence-corrected chi connectivity index (χ3v) is 4.60. The van der Waals surface area contributed by atoms with Gasteiger partial charge in [0.25, 0.3) is 0 Å². The van der Waals surface area contributed by atoms with Crippen LogP contribution in [0.1, 0.15) is 59.7 Å². The quantitative estimate of drug-likeness (QED) is 0.761. The molecule has 0 radical (unpaired) electrons. The Balaban J connectivity index is 2.00. The summed E-state index contributed by atoms with van der Waals surface area (Å²) in [6.07, 6.45) is 5.11. The average molecular weight is 274 g/mol. The van der Waals surface area contributed by atoms with Crippen LogP contribution < -0.4 is 0 Å². The number of ketones is 1. The molecule has 0 saturated heterocycles. The average Bonchev–Trinajstić information content (AvgIpc) is 2.41. The monoisotopic (exact) mass is 274 g/mol. The summed E-state index contributed by atoms with van der Waals surface area (Å²) >= 11 is 0. The summed E-state index contributed by atoms with van der Waals surface area (Å²) in [7, 11) is 0. The number of aryl methyl sites for hydroxylation is 3.